The molecule has 2 N–H and O–H groups in total. The van der Waals surface area contributed by atoms with Gasteiger partial charge in [-0.1, -0.05) is 36.4 Å². The smallest absolute Gasteiger partial charge is 0.254 e. The Morgan fingerprint density at radius 3 is 2.67 bits per heavy atom. The molecule has 156 valence electrons. The van der Waals surface area contributed by atoms with Gasteiger partial charge in [0.2, 0.25) is 5.79 Å². The summed E-state index contributed by atoms with van der Waals surface area (Å²) in [6.45, 7) is 1.91. The fraction of sp³-hybridized carbons (Fsp3) is 0.292. The van der Waals surface area contributed by atoms with Crippen molar-refractivity contribution in [2.45, 2.75) is 25.2 Å². The molecule has 0 saturated carbocycles. The average molecular weight is 423 g/mol. The summed E-state index contributed by atoms with van der Waals surface area (Å²) in [6, 6.07) is 19.2. The van der Waals surface area contributed by atoms with Crippen LogP contribution in [-0.2, 0) is 18.8 Å². The van der Waals surface area contributed by atoms with Crippen molar-refractivity contribution in [2.24, 2.45) is 0 Å². The summed E-state index contributed by atoms with van der Waals surface area (Å²) >= 11 is 1.47. The van der Waals surface area contributed by atoms with Crippen LogP contribution in [0.5, 0.6) is 5.75 Å². The Labute approximate surface area is 180 Å². The molecule has 1 atom stereocenters. The van der Waals surface area contributed by atoms with Crippen LogP contribution in [0, 0.1) is 0 Å². The second kappa shape index (κ2) is 9.00. The highest BCUT2D eigenvalue weighted by Crippen LogP contribution is 2.32. The Hall–Kier alpha value is -2.67. The number of amides is 1. The zero-order chi connectivity index (χ0) is 21.0. The second-order valence-corrected chi connectivity index (χ2v) is 8.44. The molecule has 0 aliphatic carbocycles. The lowest BCUT2D eigenvalue weighted by molar-refractivity contribution is -0.147. The minimum atomic E-state index is -1.37. The van der Waals surface area contributed by atoms with Gasteiger partial charge in [-0.25, -0.2) is 0 Å². The van der Waals surface area contributed by atoms with Gasteiger partial charge in [0.15, 0.2) is 0 Å². The van der Waals surface area contributed by atoms with E-state index in [1.807, 2.05) is 78.0 Å². The molecule has 1 unspecified atom stereocenters. The highest BCUT2D eigenvalue weighted by molar-refractivity contribution is 7.10. The SMILES string of the molecule is CNCCC(O)(Oc1ccc(CN2CCc3ccccc3C2=O)cc1)c1cccs1. The quantitative estimate of drug-likeness (QED) is 0.543. The highest BCUT2D eigenvalue weighted by atomic mass is 32.1. The maximum absolute atomic E-state index is 12.8. The Morgan fingerprint density at radius 2 is 1.93 bits per heavy atom. The number of carbonyl (C=O) groups is 1. The van der Waals surface area contributed by atoms with Crippen LogP contribution in [0.15, 0.2) is 66.0 Å². The standard InChI is InChI=1S/C24H26N2O3S/c1-25-14-13-24(28,22-7-4-16-30-22)29-20-10-8-18(9-11-20)17-26-15-12-19-5-2-3-6-21(19)23(26)27/h2-11,16,25,28H,12-15,17H2,1H3. The summed E-state index contributed by atoms with van der Waals surface area (Å²) in [5.74, 6) is -0.692. The number of hydrogen-bond donors (Lipinski definition) is 2. The van der Waals surface area contributed by atoms with Crippen molar-refractivity contribution in [3.8, 4) is 5.75 Å². The van der Waals surface area contributed by atoms with E-state index in [1.54, 1.807) is 0 Å². The molecule has 0 bridgehead atoms. The third-order valence-electron chi connectivity index (χ3n) is 5.39. The molecule has 4 rings (SSSR count). The monoisotopic (exact) mass is 422 g/mol. The van der Waals surface area contributed by atoms with E-state index in [9.17, 15) is 9.90 Å². The van der Waals surface area contributed by atoms with E-state index in [0.29, 0.717) is 25.3 Å². The number of hydrogen-bond acceptors (Lipinski definition) is 5. The molecule has 3 aromatic rings. The van der Waals surface area contributed by atoms with E-state index in [0.717, 1.165) is 34.5 Å². The van der Waals surface area contributed by atoms with Crippen molar-refractivity contribution in [3.05, 3.63) is 87.6 Å². The molecule has 1 amide bonds. The fourth-order valence-electron chi connectivity index (χ4n) is 3.72. The number of nitrogens with zero attached hydrogens (tertiary/aromatic N) is 1. The maximum atomic E-state index is 12.8. The number of thiophene rings is 1. The van der Waals surface area contributed by atoms with Gasteiger partial charge in [-0.3, -0.25) is 4.79 Å². The number of aliphatic hydroxyl groups is 1. The number of rotatable bonds is 8. The zero-order valence-electron chi connectivity index (χ0n) is 17.0. The van der Waals surface area contributed by atoms with Gasteiger partial charge in [0.1, 0.15) is 5.75 Å². The second-order valence-electron chi connectivity index (χ2n) is 7.50. The lowest BCUT2D eigenvalue weighted by atomic mass is 9.99. The van der Waals surface area contributed by atoms with E-state index in [4.69, 9.17) is 4.74 Å². The van der Waals surface area contributed by atoms with Crippen LogP contribution >= 0.6 is 11.3 Å². The van der Waals surface area contributed by atoms with Crippen LogP contribution in [0.2, 0.25) is 0 Å². The third-order valence-corrected chi connectivity index (χ3v) is 6.39. The predicted octanol–water partition coefficient (Wildman–Crippen LogP) is 3.78. The van der Waals surface area contributed by atoms with Crippen molar-refractivity contribution >= 4 is 17.2 Å². The van der Waals surface area contributed by atoms with E-state index >= 15 is 0 Å². The van der Waals surface area contributed by atoms with Crippen molar-refractivity contribution in [1.29, 1.82) is 0 Å². The molecule has 6 heteroatoms. The molecule has 0 saturated heterocycles. The molecule has 30 heavy (non-hydrogen) atoms. The van der Waals surface area contributed by atoms with Crippen molar-refractivity contribution in [3.63, 3.8) is 0 Å². The van der Waals surface area contributed by atoms with E-state index < -0.39 is 5.79 Å². The summed E-state index contributed by atoms with van der Waals surface area (Å²) in [5.41, 5.74) is 2.95. The lowest BCUT2D eigenvalue weighted by Gasteiger charge is -2.29. The first-order valence-electron chi connectivity index (χ1n) is 10.2. The molecule has 0 radical (unpaired) electrons. The fourth-order valence-corrected chi connectivity index (χ4v) is 4.51. The van der Waals surface area contributed by atoms with E-state index in [-0.39, 0.29) is 5.91 Å². The van der Waals surface area contributed by atoms with Crippen LogP contribution in [0.4, 0.5) is 0 Å². The number of benzene rings is 2. The highest BCUT2D eigenvalue weighted by Gasteiger charge is 2.32. The third kappa shape index (κ3) is 4.41. The number of ether oxygens (including phenoxy) is 1. The van der Waals surface area contributed by atoms with Crippen molar-refractivity contribution in [2.75, 3.05) is 20.1 Å². The summed E-state index contributed by atoms with van der Waals surface area (Å²) in [7, 11) is 1.85. The minimum absolute atomic E-state index is 0.0799. The molecule has 1 aromatic heterocycles. The Morgan fingerprint density at radius 1 is 1.13 bits per heavy atom. The Bertz CT molecular complexity index is 988. The van der Waals surface area contributed by atoms with Crippen LogP contribution < -0.4 is 10.1 Å². The van der Waals surface area contributed by atoms with Gasteiger partial charge in [-0.05, 0) is 54.2 Å². The topological polar surface area (TPSA) is 61.8 Å². The average Bonchev–Trinajstić information content (AvgIpc) is 3.32. The first-order chi connectivity index (χ1) is 14.6. The van der Waals surface area contributed by atoms with Gasteiger partial charge in [-0.15, -0.1) is 11.3 Å². The summed E-state index contributed by atoms with van der Waals surface area (Å²) in [4.78, 5) is 15.4. The first-order valence-corrected chi connectivity index (χ1v) is 11.0. The van der Waals surface area contributed by atoms with Gasteiger partial charge in [0, 0.05) is 31.6 Å². The van der Waals surface area contributed by atoms with Gasteiger partial charge >= 0.3 is 0 Å². The first kappa shape index (κ1) is 20.6. The van der Waals surface area contributed by atoms with Crippen molar-refractivity contribution < 1.29 is 14.6 Å². The van der Waals surface area contributed by atoms with Crippen LogP contribution in [0.25, 0.3) is 0 Å². The molecule has 0 spiro atoms. The summed E-state index contributed by atoms with van der Waals surface area (Å²) < 4.78 is 6.01. The van der Waals surface area contributed by atoms with Gasteiger partial charge in [0.05, 0.1) is 4.88 Å². The predicted molar refractivity (Wildman–Crippen MR) is 119 cm³/mol. The van der Waals surface area contributed by atoms with Crippen LogP contribution in [0.3, 0.4) is 0 Å². The summed E-state index contributed by atoms with van der Waals surface area (Å²) in [6.07, 6.45) is 1.32. The Balaban J connectivity index is 1.45. The molecular formula is C24H26N2O3S. The molecule has 5 nitrogen and oxygen atoms in total. The lowest BCUT2D eigenvalue weighted by Crippen LogP contribution is -2.37. The van der Waals surface area contributed by atoms with Crippen LogP contribution in [-0.4, -0.2) is 36.1 Å². The van der Waals surface area contributed by atoms with Gasteiger partial charge in [0.25, 0.3) is 5.91 Å². The number of carbonyl (C=O) groups excluding carboxylic acids is 1. The minimum Gasteiger partial charge on any atom is -0.457 e. The largest absolute Gasteiger partial charge is 0.457 e. The van der Waals surface area contributed by atoms with Gasteiger partial charge < -0.3 is 20.1 Å². The number of nitrogens with one attached hydrogen (secondary N) is 1. The van der Waals surface area contributed by atoms with Gasteiger partial charge in [-0.2, -0.15) is 0 Å². The summed E-state index contributed by atoms with van der Waals surface area (Å²) in [5, 5.41) is 16.1. The normalized spacial score (nSPS) is 15.5. The zero-order valence-corrected chi connectivity index (χ0v) is 17.8. The van der Waals surface area contributed by atoms with E-state index in [2.05, 4.69) is 5.32 Å². The molecule has 0 fully saturated rings. The molecule has 2 aromatic carbocycles. The number of fused-ring (bicyclic) bond motifs is 1. The molecule has 1 aliphatic heterocycles. The Kier molecular flexibility index (Phi) is 6.18. The van der Waals surface area contributed by atoms with Crippen LogP contribution in [0.1, 0.15) is 32.8 Å². The molecule has 2 heterocycles. The molecule has 1 aliphatic rings. The maximum Gasteiger partial charge on any atom is 0.254 e. The van der Waals surface area contributed by atoms with E-state index in [1.165, 1.54) is 11.3 Å². The van der Waals surface area contributed by atoms with Crippen molar-refractivity contribution in [1.82, 2.24) is 10.2 Å². The molecular weight excluding hydrogens is 396 g/mol.